The molecular weight excluding hydrogens is 274 g/mol. The van der Waals surface area contributed by atoms with Crippen LogP contribution >= 0.6 is 15.9 Å². The Morgan fingerprint density at radius 3 is 2.31 bits per heavy atom. The fourth-order valence-electron chi connectivity index (χ4n) is 1.32. The van der Waals surface area contributed by atoms with Crippen LogP contribution in [0.4, 0.5) is 4.79 Å². The number of carboxylic acid groups (broad SMARTS) is 1. The molecule has 1 amide bonds. The Balaban J connectivity index is 2.93. The molecule has 0 aromatic heterocycles. The summed E-state index contributed by atoms with van der Waals surface area (Å²) in [5.41, 5.74) is 2.02. The summed E-state index contributed by atoms with van der Waals surface area (Å²) in [6.45, 7) is 5.86. The molecule has 1 rings (SSSR count). The number of halogens is 1. The fraction of sp³-hybridized carbons (Fsp3) is 0.364. The largest absolute Gasteiger partial charge is 0.463 e. The SMILES string of the molecule is CCN(Oc1cc(C)c(Br)c(C)c1)C(=O)O. The molecule has 0 spiro atoms. The van der Waals surface area contributed by atoms with Gasteiger partial charge < -0.3 is 9.94 Å². The first-order valence-electron chi connectivity index (χ1n) is 4.91. The first-order chi connectivity index (χ1) is 7.45. The molecule has 0 saturated heterocycles. The topological polar surface area (TPSA) is 49.8 Å². The van der Waals surface area contributed by atoms with Crippen LogP contribution in [0.25, 0.3) is 0 Å². The number of aryl methyl sites for hydroxylation is 2. The third-order valence-corrected chi connectivity index (χ3v) is 3.38. The fourth-order valence-corrected chi connectivity index (χ4v) is 1.55. The lowest BCUT2D eigenvalue weighted by atomic mass is 10.1. The number of amides is 1. The van der Waals surface area contributed by atoms with E-state index in [-0.39, 0.29) is 6.54 Å². The van der Waals surface area contributed by atoms with E-state index in [9.17, 15) is 4.79 Å². The van der Waals surface area contributed by atoms with E-state index in [1.54, 1.807) is 19.1 Å². The summed E-state index contributed by atoms with van der Waals surface area (Å²) in [5.74, 6) is 0.530. The van der Waals surface area contributed by atoms with Gasteiger partial charge in [-0.1, -0.05) is 15.9 Å². The second-order valence-electron chi connectivity index (χ2n) is 3.44. The highest BCUT2D eigenvalue weighted by Crippen LogP contribution is 2.26. The molecule has 0 atom stereocenters. The number of carbonyl (C=O) groups is 1. The van der Waals surface area contributed by atoms with Gasteiger partial charge in [0.2, 0.25) is 0 Å². The van der Waals surface area contributed by atoms with Crippen LogP contribution in [-0.2, 0) is 0 Å². The smallest absolute Gasteiger partial charge is 0.440 e. The third-order valence-electron chi connectivity index (χ3n) is 2.13. The van der Waals surface area contributed by atoms with Crippen molar-refractivity contribution in [2.75, 3.05) is 6.54 Å². The highest BCUT2D eigenvalue weighted by atomic mass is 79.9. The Bertz CT molecular complexity index is 383. The zero-order chi connectivity index (χ0) is 12.3. The first-order valence-corrected chi connectivity index (χ1v) is 5.70. The Labute approximate surface area is 103 Å². The normalized spacial score (nSPS) is 10.0. The molecule has 0 radical (unpaired) electrons. The molecule has 0 aliphatic carbocycles. The van der Waals surface area contributed by atoms with Crippen LogP contribution in [-0.4, -0.2) is 22.8 Å². The highest BCUT2D eigenvalue weighted by Gasteiger charge is 2.12. The van der Waals surface area contributed by atoms with Gasteiger partial charge in [0.25, 0.3) is 0 Å². The molecule has 0 aliphatic heterocycles. The van der Waals surface area contributed by atoms with Crippen molar-refractivity contribution in [1.29, 1.82) is 0 Å². The maximum absolute atomic E-state index is 10.8. The lowest BCUT2D eigenvalue weighted by Gasteiger charge is -2.18. The molecule has 0 heterocycles. The van der Waals surface area contributed by atoms with Gasteiger partial charge in [-0.3, -0.25) is 0 Å². The van der Waals surface area contributed by atoms with E-state index >= 15 is 0 Å². The molecule has 0 aliphatic rings. The predicted molar refractivity (Wildman–Crippen MR) is 64.6 cm³/mol. The van der Waals surface area contributed by atoms with Crippen molar-refractivity contribution in [3.8, 4) is 5.75 Å². The van der Waals surface area contributed by atoms with Crippen molar-refractivity contribution < 1.29 is 14.7 Å². The van der Waals surface area contributed by atoms with Gasteiger partial charge in [-0.2, -0.15) is 0 Å². The molecule has 16 heavy (non-hydrogen) atoms. The highest BCUT2D eigenvalue weighted by molar-refractivity contribution is 9.10. The quantitative estimate of drug-likeness (QED) is 0.868. The van der Waals surface area contributed by atoms with E-state index in [1.165, 1.54) is 0 Å². The Kier molecular flexibility index (Phi) is 4.18. The van der Waals surface area contributed by atoms with Crippen LogP contribution < -0.4 is 4.84 Å². The number of nitrogens with zero attached hydrogens (tertiary/aromatic N) is 1. The molecule has 5 heteroatoms. The molecule has 0 bridgehead atoms. The summed E-state index contributed by atoms with van der Waals surface area (Å²) in [4.78, 5) is 16.0. The van der Waals surface area contributed by atoms with Gasteiger partial charge in [0.05, 0.1) is 6.54 Å². The molecule has 0 saturated carbocycles. The number of rotatable bonds is 3. The minimum absolute atomic E-state index is 0.281. The molecule has 1 aromatic carbocycles. The van der Waals surface area contributed by atoms with Gasteiger partial charge in [-0.15, -0.1) is 5.06 Å². The number of hydrogen-bond acceptors (Lipinski definition) is 2. The van der Waals surface area contributed by atoms with Crippen LogP contribution in [0.1, 0.15) is 18.1 Å². The van der Waals surface area contributed by atoms with Crippen molar-refractivity contribution in [3.63, 3.8) is 0 Å². The zero-order valence-electron chi connectivity index (χ0n) is 9.45. The molecule has 1 N–H and O–H groups in total. The zero-order valence-corrected chi connectivity index (χ0v) is 11.0. The van der Waals surface area contributed by atoms with Crippen LogP contribution in [0, 0.1) is 13.8 Å². The summed E-state index contributed by atoms with van der Waals surface area (Å²) in [5, 5.41) is 9.71. The van der Waals surface area contributed by atoms with Crippen LogP contribution in [0.3, 0.4) is 0 Å². The Hall–Kier alpha value is -1.23. The van der Waals surface area contributed by atoms with Gasteiger partial charge in [0, 0.05) is 4.47 Å². The third kappa shape index (κ3) is 2.88. The van der Waals surface area contributed by atoms with Crippen molar-refractivity contribution >= 4 is 22.0 Å². The summed E-state index contributed by atoms with van der Waals surface area (Å²) in [6.07, 6.45) is -1.10. The minimum atomic E-state index is -1.10. The summed E-state index contributed by atoms with van der Waals surface area (Å²) in [7, 11) is 0. The first kappa shape index (κ1) is 12.8. The van der Waals surface area contributed by atoms with E-state index in [0.29, 0.717) is 5.75 Å². The Morgan fingerprint density at radius 2 is 1.94 bits per heavy atom. The summed E-state index contributed by atoms with van der Waals surface area (Å²) < 4.78 is 1.01. The van der Waals surface area contributed by atoms with E-state index < -0.39 is 6.09 Å². The average Bonchev–Trinajstić information content (AvgIpc) is 2.21. The molecule has 88 valence electrons. The Morgan fingerprint density at radius 1 is 1.44 bits per heavy atom. The lowest BCUT2D eigenvalue weighted by molar-refractivity contribution is -0.0316. The van der Waals surface area contributed by atoms with E-state index in [2.05, 4.69) is 15.9 Å². The van der Waals surface area contributed by atoms with Crippen LogP contribution in [0.15, 0.2) is 16.6 Å². The van der Waals surface area contributed by atoms with Crippen molar-refractivity contribution in [2.45, 2.75) is 20.8 Å². The van der Waals surface area contributed by atoms with Gasteiger partial charge in [-0.25, -0.2) is 4.79 Å². The van der Waals surface area contributed by atoms with Crippen molar-refractivity contribution in [1.82, 2.24) is 5.06 Å². The maximum Gasteiger partial charge on any atom is 0.440 e. The number of hydrogen-bond donors (Lipinski definition) is 1. The van der Waals surface area contributed by atoms with Gasteiger partial charge >= 0.3 is 6.09 Å². The molecule has 0 unspecified atom stereocenters. The number of hydroxylamine groups is 2. The summed E-state index contributed by atoms with van der Waals surface area (Å²) >= 11 is 3.44. The predicted octanol–water partition coefficient (Wildman–Crippen LogP) is 3.36. The van der Waals surface area contributed by atoms with Crippen molar-refractivity contribution in [3.05, 3.63) is 27.7 Å². The van der Waals surface area contributed by atoms with Gasteiger partial charge in [0.1, 0.15) is 0 Å². The average molecular weight is 288 g/mol. The molecule has 0 fully saturated rings. The maximum atomic E-state index is 10.8. The molecular formula is C11H14BrNO3. The number of benzene rings is 1. The second-order valence-corrected chi connectivity index (χ2v) is 4.23. The monoisotopic (exact) mass is 287 g/mol. The molecule has 1 aromatic rings. The standard InChI is InChI=1S/C11H14BrNO3/c1-4-13(11(14)15)16-9-5-7(2)10(12)8(3)6-9/h5-6H,4H2,1-3H3,(H,14,15). The second kappa shape index (κ2) is 5.21. The molecule has 4 nitrogen and oxygen atoms in total. The van der Waals surface area contributed by atoms with Gasteiger partial charge in [-0.05, 0) is 44.0 Å². The van der Waals surface area contributed by atoms with Crippen molar-refractivity contribution in [2.24, 2.45) is 0 Å². The van der Waals surface area contributed by atoms with Crippen LogP contribution in [0.5, 0.6) is 5.75 Å². The van der Waals surface area contributed by atoms with E-state index in [0.717, 1.165) is 20.7 Å². The summed E-state index contributed by atoms with van der Waals surface area (Å²) in [6, 6.07) is 3.59. The van der Waals surface area contributed by atoms with Gasteiger partial charge in [0.15, 0.2) is 5.75 Å². The lowest BCUT2D eigenvalue weighted by Crippen LogP contribution is -2.32. The minimum Gasteiger partial charge on any atom is -0.463 e. The van der Waals surface area contributed by atoms with Crippen LogP contribution in [0.2, 0.25) is 0 Å². The van der Waals surface area contributed by atoms with E-state index in [1.807, 2.05) is 13.8 Å². The van der Waals surface area contributed by atoms with E-state index in [4.69, 9.17) is 9.94 Å².